The molecule has 0 aliphatic carbocycles. The number of benzene rings is 1. The Balaban J connectivity index is 2.10. The van der Waals surface area contributed by atoms with Gasteiger partial charge in [-0.25, -0.2) is 0 Å². The van der Waals surface area contributed by atoms with Crippen molar-refractivity contribution in [2.24, 2.45) is 5.92 Å². The normalized spacial score (nSPS) is 17.3. The average molecular weight is 218 g/mol. The number of fused-ring (bicyclic) bond motifs is 1. The van der Waals surface area contributed by atoms with Gasteiger partial charge < -0.3 is 4.74 Å². The molecule has 0 saturated carbocycles. The lowest BCUT2D eigenvalue weighted by Crippen LogP contribution is -2.24. The maximum Gasteiger partial charge on any atom is 0.123 e. The van der Waals surface area contributed by atoms with Gasteiger partial charge in [0, 0.05) is 6.42 Å². The van der Waals surface area contributed by atoms with E-state index in [1.54, 1.807) is 0 Å². The zero-order valence-corrected chi connectivity index (χ0v) is 10.8. The molecule has 2 rings (SSSR count). The van der Waals surface area contributed by atoms with E-state index in [9.17, 15) is 0 Å². The standard InChI is InChI=1S/C15H22O/c1-11(2)5-6-12-7-8-14-13(9-12)10-15(3,4)16-14/h7-9,11H,5-6,10H2,1-4H3. The van der Waals surface area contributed by atoms with Crippen LogP contribution in [0.1, 0.15) is 45.2 Å². The van der Waals surface area contributed by atoms with E-state index in [1.165, 1.54) is 24.0 Å². The molecule has 0 N–H and O–H groups in total. The molecule has 1 aliphatic heterocycles. The van der Waals surface area contributed by atoms with Crippen molar-refractivity contribution in [3.05, 3.63) is 29.3 Å². The van der Waals surface area contributed by atoms with E-state index in [2.05, 4.69) is 45.9 Å². The van der Waals surface area contributed by atoms with Crippen LogP contribution in [-0.4, -0.2) is 5.60 Å². The highest BCUT2D eigenvalue weighted by Crippen LogP contribution is 2.35. The van der Waals surface area contributed by atoms with Crippen molar-refractivity contribution in [1.29, 1.82) is 0 Å². The van der Waals surface area contributed by atoms with E-state index in [1.807, 2.05) is 0 Å². The summed E-state index contributed by atoms with van der Waals surface area (Å²) in [5.41, 5.74) is 2.82. The zero-order valence-electron chi connectivity index (χ0n) is 10.8. The molecule has 1 aromatic rings. The fraction of sp³-hybridized carbons (Fsp3) is 0.600. The summed E-state index contributed by atoms with van der Waals surface area (Å²) in [5, 5.41) is 0. The van der Waals surface area contributed by atoms with Crippen LogP contribution in [0.2, 0.25) is 0 Å². The molecule has 1 aromatic carbocycles. The Morgan fingerprint density at radius 3 is 2.75 bits per heavy atom. The van der Waals surface area contributed by atoms with Crippen molar-refractivity contribution < 1.29 is 4.74 Å². The summed E-state index contributed by atoms with van der Waals surface area (Å²) in [6.07, 6.45) is 3.49. The highest BCUT2D eigenvalue weighted by atomic mass is 16.5. The highest BCUT2D eigenvalue weighted by Gasteiger charge is 2.29. The van der Waals surface area contributed by atoms with Gasteiger partial charge in [0.2, 0.25) is 0 Å². The molecule has 0 aromatic heterocycles. The topological polar surface area (TPSA) is 9.23 Å². The van der Waals surface area contributed by atoms with Gasteiger partial charge in [-0.1, -0.05) is 26.0 Å². The Labute approximate surface area is 98.8 Å². The fourth-order valence-corrected chi connectivity index (χ4v) is 2.27. The van der Waals surface area contributed by atoms with Crippen LogP contribution in [0.25, 0.3) is 0 Å². The molecule has 0 bridgehead atoms. The average Bonchev–Trinajstić information content (AvgIpc) is 2.47. The van der Waals surface area contributed by atoms with Crippen molar-refractivity contribution in [1.82, 2.24) is 0 Å². The van der Waals surface area contributed by atoms with Crippen LogP contribution in [-0.2, 0) is 12.8 Å². The van der Waals surface area contributed by atoms with E-state index < -0.39 is 0 Å². The van der Waals surface area contributed by atoms with Crippen LogP contribution in [0.15, 0.2) is 18.2 Å². The van der Waals surface area contributed by atoms with Crippen molar-refractivity contribution in [3.8, 4) is 5.75 Å². The van der Waals surface area contributed by atoms with Gasteiger partial charge in [0.25, 0.3) is 0 Å². The summed E-state index contributed by atoms with van der Waals surface area (Å²) < 4.78 is 5.87. The SMILES string of the molecule is CC(C)CCc1ccc2c(c1)CC(C)(C)O2. The van der Waals surface area contributed by atoms with E-state index >= 15 is 0 Å². The molecule has 0 atom stereocenters. The van der Waals surface area contributed by atoms with Crippen LogP contribution in [0.5, 0.6) is 5.75 Å². The van der Waals surface area contributed by atoms with Gasteiger partial charge in [-0.3, -0.25) is 0 Å². The summed E-state index contributed by atoms with van der Waals surface area (Å²) in [6.45, 7) is 8.86. The molecule has 1 heterocycles. The van der Waals surface area contributed by atoms with Gasteiger partial charge in [-0.2, -0.15) is 0 Å². The van der Waals surface area contributed by atoms with Crippen LogP contribution >= 0.6 is 0 Å². The quantitative estimate of drug-likeness (QED) is 0.745. The molecule has 1 nitrogen and oxygen atoms in total. The number of hydrogen-bond donors (Lipinski definition) is 0. The third-order valence-corrected chi connectivity index (χ3v) is 3.14. The van der Waals surface area contributed by atoms with Gasteiger partial charge in [0.05, 0.1) is 0 Å². The van der Waals surface area contributed by atoms with E-state index in [-0.39, 0.29) is 5.60 Å². The lowest BCUT2D eigenvalue weighted by Gasteiger charge is -2.16. The van der Waals surface area contributed by atoms with Crippen LogP contribution in [0.4, 0.5) is 0 Å². The number of rotatable bonds is 3. The maximum absolute atomic E-state index is 5.87. The lowest BCUT2D eigenvalue weighted by atomic mass is 9.97. The number of aryl methyl sites for hydroxylation is 1. The van der Waals surface area contributed by atoms with E-state index in [0.29, 0.717) is 0 Å². The van der Waals surface area contributed by atoms with Gasteiger partial charge in [-0.15, -0.1) is 0 Å². The van der Waals surface area contributed by atoms with Crippen molar-refractivity contribution >= 4 is 0 Å². The zero-order chi connectivity index (χ0) is 11.8. The second kappa shape index (κ2) is 4.12. The monoisotopic (exact) mass is 218 g/mol. The third kappa shape index (κ3) is 2.58. The molecule has 16 heavy (non-hydrogen) atoms. The largest absolute Gasteiger partial charge is 0.487 e. The summed E-state index contributed by atoms with van der Waals surface area (Å²) in [7, 11) is 0. The molecule has 1 heteroatoms. The molecule has 0 radical (unpaired) electrons. The summed E-state index contributed by atoms with van der Waals surface area (Å²) in [4.78, 5) is 0. The van der Waals surface area contributed by atoms with Crippen LogP contribution in [0.3, 0.4) is 0 Å². The molecular weight excluding hydrogens is 196 g/mol. The van der Waals surface area contributed by atoms with E-state index in [0.717, 1.165) is 18.1 Å². The molecule has 0 saturated heterocycles. The molecule has 0 unspecified atom stereocenters. The molecule has 88 valence electrons. The first-order chi connectivity index (χ1) is 7.46. The first kappa shape index (κ1) is 11.5. The van der Waals surface area contributed by atoms with Crippen molar-refractivity contribution in [3.63, 3.8) is 0 Å². The molecular formula is C15H22O. The molecule has 0 spiro atoms. The van der Waals surface area contributed by atoms with Gasteiger partial charge >= 0.3 is 0 Å². The third-order valence-electron chi connectivity index (χ3n) is 3.14. The Kier molecular flexibility index (Phi) is 2.96. The van der Waals surface area contributed by atoms with Crippen LogP contribution in [0, 0.1) is 5.92 Å². The van der Waals surface area contributed by atoms with Gasteiger partial charge in [0.15, 0.2) is 0 Å². The fourth-order valence-electron chi connectivity index (χ4n) is 2.27. The minimum absolute atomic E-state index is 0.0149. The second-order valence-electron chi connectivity index (χ2n) is 5.91. The predicted octanol–water partition coefficient (Wildman–Crippen LogP) is 3.99. The maximum atomic E-state index is 5.87. The van der Waals surface area contributed by atoms with Gasteiger partial charge in [-0.05, 0) is 49.8 Å². The number of hydrogen-bond acceptors (Lipinski definition) is 1. The van der Waals surface area contributed by atoms with Crippen molar-refractivity contribution in [2.45, 2.75) is 52.6 Å². The summed E-state index contributed by atoms with van der Waals surface area (Å²) >= 11 is 0. The smallest absolute Gasteiger partial charge is 0.123 e. The molecule has 0 fully saturated rings. The Hall–Kier alpha value is -0.980. The molecule has 1 aliphatic rings. The minimum atomic E-state index is -0.0149. The lowest BCUT2D eigenvalue weighted by molar-refractivity contribution is 0.138. The predicted molar refractivity (Wildman–Crippen MR) is 68.0 cm³/mol. The Morgan fingerprint density at radius 2 is 2.06 bits per heavy atom. The van der Waals surface area contributed by atoms with Gasteiger partial charge in [0.1, 0.15) is 11.4 Å². The van der Waals surface area contributed by atoms with Crippen molar-refractivity contribution in [2.75, 3.05) is 0 Å². The Morgan fingerprint density at radius 1 is 1.31 bits per heavy atom. The first-order valence-electron chi connectivity index (χ1n) is 6.27. The Bertz CT molecular complexity index is 377. The highest BCUT2D eigenvalue weighted by molar-refractivity contribution is 5.41. The molecule has 0 amide bonds. The summed E-state index contributed by atoms with van der Waals surface area (Å²) in [6, 6.07) is 6.68. The number of ether oxygens (including phenoxy) is 1. The first-order valence-corrected chi connectivity index (χ1v) is 6.27. The van der Waals surface area contributed by atoms with E-state index in [4.69, 9.17) is 4.74 Å². The minimum Gasteiger partial charge on any atom is -0.487 e. The summed E-state index contributed by atoms with van der Waals surface area (Å²) in [5.74, 6) is 1.86. The van der Waals surface area contributed by atoms with Crippen LogP contribution < -0.4 is 4.74 Å². The second-order valence-corrected chi connectivity index (χ2v) is 5.91.